The van der Waals surface area contributed by atoms with E-state index < -0.39 is 5.97 Å². The second-order valence-corrected chi connectivity index (χ2v) is 4.50. The largest absolute Gasteiger partial charge is 0.496 e. The highest BCUT2D eigenvalue weighted by Crippen LogP contribution is 2.30. The van der Waals surface area contributed by atoms with E-state index in [1.54, 1.807) is 22.9 Å². The number of aliphatic carboxylic acids is 1. The third-order valence-electron chi connectivity index (χ3n) is 2.70. The van der Waals surface area contributed by atoms with Crippen LogP contribution in [0.4, 0.5) is 0 Å². The number of halogens is 1. The Balaban J connectivity index is 2.25. The van der Waals surface area contributed by atoms with Gasteiger partial charge in [0.15, 0.2) is 5.82 Å². The average molecular weight is 297 g/mol. The van der Waals surface area contributed by atoms with Crippen LogP contribution in [0.2, 0.25) is 5.02 Å². The predicted molar refractivity (Wildman–Crippen MR) is 71.7 cm³/mol. The number of tetrazole rings is 1. The van der Waals surface area contributed by atoms with Crippen molar-refractivity contribution in [3.05, 3.63) is 23.2 Å². The summed E-state index contributed by atoms with van der Waals surface area (Å²) in [6.45, 7) is 0.417. The number of rotatable bonds is 6. The number of aromatic nitrogens is 4. The number of methoxy groups -OCH3 is 1. The smallest absolute Gasteiger partial charge is 0.303 e. The van der Waals surface area contributed by atoms with E-state index in [1.165, 1.54) is 7.11 Å². The van der Waals surface area contributed by atoms with Gasteiger partial charge in [-0.2, -0.15) is 0 Å². The van der Waals surface area contributed by atoms with Gasteiger partial charge in [-0.05, 0) is 35.0 Å². The molecule has 0 radical (unpaired) electrons. The molecule has 1 N–H and O–H groups in total. The molecule has 1 aromatic carbocycles. The van der Waals surface area contributed by atoms with Gasteiger partial charge in [0, 0.05) is 18.0 Å². The molecule has 0 aliphatic carbocycles. The van der Waals surface area contributed by atoms with E-state index in [4.69, 9.17) is 21.4 Å². The fourth-order valence-corrected chi connectivity index (χ4v) is 1.94. The van der Waals surface area contributed by atoms with Gasteiger partial charge < -0.3 is 9.84 Å². The zero-order valence-corrected chi connectivity index (χ0v) is 11.5. The minimum Gasteiger partial charge on any atom is -0.496 e. The number of nitrogens with zero attached hydrogens (tertiary/aromatic N) is 4. The summed E-state index contributed by atoms with van der Waals surface area (Å²) in [4.78, 5) is 10.5. The zero-order chi connectivity index (χ0) is 14.5. The molecule has 0 atom stereocenters. The van der Waals surface area contributed by atoms with Crippen LogP contribution in [-0.4, -0.2) is 38.4 Å². The molecule has 0 amide bonds. The van der Waals surface area contributed by atoms with Crippen molar-refractivity contribution in [2.24, 2.45) is 0 Å². The monoisotopic (exact) mass is 296 g/mol. The van der Waals surface area contributed by atoms with E-state index in [1.807, 2.05) is 0 Å². The molecule has 0 saturated heterocycles. The highest BCUT2D eigenvalue weighted by molar-refractivity contribution is 6.30. The first-order valence-corrected chi connectivity index (χ1v) is 6.31. The minimum atomic E-state index is -0.844. The lowest BCUT2D eigenvalue weighted by Gasteiger charge is -2.08. The molecular weight excluding hydrogens is 284 g/mol. The topological polar surface area (TPSA) is 90.1 Å². The van der Waals surface area contributed by atoms with Crippen LogP contribution >= 0.6 is 11.6 Å². The molecule has 0 bridgehead atoms. The Kier molecular flexibility index (Phi) is 4.52. The quantitative estimate of drug-likeness (QED) is 0.875. The average Bonchev–Trinajstić information content (AvgIpc) is 2.86. The van der Waals surface area contributed by atoms with Gasteiger partial charge in [-0.3, -0.25) is 4.79 Å². The maximum atomic E-state index is 10.5. The highest BCUT2D eigenvalue weighted by Gasteiger charge is 2.14. The second kappa shape index (κ2) is 6.33. The maximum Gasteiger partial charge on any atom is 0.303 e. The van der Waals surface area contributed by atoms with Crippen molar-refractivity contribution in [1.82, 2.24) is 20.2 Å². The van der Waals surface area contributed by atoms with Crippen molar-refractivity contribution < 1.29 is 14.6 Å². The molecule has 0 aliphatic rings. The number of ether oxygens (including phenoxy) is 1. The van der Waals surface area contributed by atoms with Crippen molar-refractivity contribution in [3.8, 4) is 17.1 Å². The van der Waals surface area contributed by atoms with Crippen molar-refractivity contribution in [3.63, 3.8) is 0 Å². The van der Waals surface area contributed by atoms with Crippen molar-refractivity contribution in [2.45, 2.75) is 19.4 Å². The van der Waals surface area contributed by atoms with Crippen LogP contribution in [0.5, 0.6) is 5.75 Å². The molecule has 0 spiro atoms. The van der Waals surface area contributed by atoms with Crippen molar-refractivity contribution in [1.29, 1.82) is 0 Å². The summed E-state index contributed by atoms with van der Waals surface area (Å²) >= 11 is 5.91. The highest BCUT2D eigenvalue weighted by atomic mass is 35.5. The van der Waals surface area contributed by atoms with Crippen LogP contribution in [0.1, 0.15) is 12.8 Å². The fraction of sp³-hybridized carbons (Fsp3) is 0.333. The lowest BCUT2D eigenvalue weighted by Crippen LogP contribution is -2.06. The number of hydrogen-bond acceptors (Lipinski definition) is 5. The number of benzene rings is 1. The summed E-state index contributed by atoms with van der Waals surface area (Å²) in [5, 5.41) is 20.6. The molecule has 7 nitrogen and oxygen atoms in total. The molecule has 0 aliphatic heterocycles. The first kappa shape index (κ1) is 14.3. The molecule has 0 fully saturated rings. The molecule has 106 valence electrons. The summed E-state index contributed by atoms with van der Waals surface area (Å²) in [5.74, 6) is 0.236. The summed E-state index contributed by atoms with van der Waals surface area (Å²) in [6.07, 6.45) is 0.514. The number of carbonyl (C=O) groups is 1. The standard InChI is InChI=1S/C12H13ClN4O3/c1-20-10-7-8(13)4-5-9(10)12-14-15-16-17(12)6-2-3-11(18)19/h4-5,7H,2-3,6H2,1H3,(H,18,19). The van der Waals surface area contributed by atoms with Gasteiger partial charge in [0.05, 0.1) is 12.7 Å². The molecule has 20 heavy (non-hydrogen) atoms. The summed E-state index contributed by atoms with van der Waals surface area (Å²) in [6, 6.07) is 5.16. The van der Waals surface area contributed by atoms with E-state index in [2.05, 4.69) is 15.5 Å². The first-order valence-electron chi connectivity index (χ1n) is 5.93. The Labute approximate surface area is 120 Å². The lowest BCUT2D eigenvalue weighted by molar-refractivity contribution is -0.137. The van der Waals surface area contributed by atoms with Crippen molar-refractivity contribution >= 4 is 17.6 Å². The normalized spacial score (nSPS) is 10.5. The Morgan fingerprint density at radius 2 is 2.30 bits per heavy atom. The first-order chi connectivity index (χ1) is 9.61. The Morgan fingerprint density at radius 3 is 3.00 bits per heavy atom. The number of hydrogen-bond donors (Lipinski definition) is 1. The molecule has 2 rings (SSSR count). The molecule has 8 heteroatoms. The van der Waals surface area contributed by atoms with Crippen molar-refractivity contribution in [2.75, 3.05) is 7.11 Å². The molecule has 1 heterocycles. The lowest BCUT2D eigenvalue weighted by atomic mass is 10.2. The molecule has 2 aromatic rings. The Hall–Kier alpha value is -2.15. The Bertz CT molecular complexity index is 614. The van der Waals surface area contributed by atoms with Gasteiger partial charge in [-0.1, -0.05) is 11.6 Å². The number of carboxylic acids is 1. The fourth-order valence-electron chi connectivity index (χ4n) is 1.78. The summed E-state index contributed by atoms with van der Waals surface area (Å²) in [5.41, 5.74) is 0.706. The third-order valence-corrected chi connectivity index (χ3v) is 2.93. The third kappa shape index (κ3) is 3.24. The number of carboxylic acid groups (broad SMARTS) is 1. The predicted octanol–water partition coefficient (Wildman–Crippen LogP) is 1.87. The van der Waals surface area contributed by atoms with Crippen LogP contribution in [0.3, 0.4) is 0 Å². The molecular formula is C12H13ClN4O3. The van der Waals surface area contributed by atoms with Gasteiger partial charge in [-0.15, -0.1) is 5.10 Å². The molecule has 1 aromatic heterocycles. The van der Waals surface area contributed by atoms with E-state index in [0.717, 1.165) is 0 Å². The van der Waals surface area contributed by atoms with Crippen LogP contribution in [0, 0.1) is 0 Å². The maximum absolute atomic E-state index is 10.5. The van der Waals surface area contributed by atoms with E-state index in [0.29, 0.717) is 35.1 Å². The van der Waals surface area contributed by atoms with Gasteiger partial charge in [0.2, 0.25) is 0 Å². The van der Waals surface area contributed by atoms with Gasteiger partial charge >= 0.3 is 5.97 Å². The van der Waals surface area contributed by atoms with Crippen LogP contribution < -0.4 is 4.74 Å². The van der Waals surface area contributed by atoms with E-state index in [-0.39, 0.29) is 6.42 Å². The SMILES string of the molecule is COc1cc(Cl)ccc1-c1nnnn1CCCC(=O)O. The summed E-state index contributed by atoms with van der Waals surface area (Å²) in [7, 11) is 1.54. The minimum absolute atomic E-state index is 0.0665. The summed E-state index contributed by atoms with van der Waals surface area (Å²) < 4.78 is 6.81. The van der Waals surface area contributed by atoms with Crippen LogP contribution in [-0.2, 0) is 11.3 Å². The second-order valence-electron chi connectivity index (χ2n) is 4.07. The Morgan fingerprint density at radius 1 is 1.50 bits per heavy atom. The van der Waals surface area contributed by atoms with Crippen LogP contribution in [0.25, 0.3) is 11.4 Å². The van der Waals surface area contributed by atoms with Gasteiger partial charge in [-0.25, -0.2) is 4.68 Å². The zero-order valence-electron chi connectivity index (χ0n) is 10.8. The van der Waals surface area contributed by atoms with Crippen LogP contribution in [0.15, 0.2) is 18.2 Å². The van der Waals surface area contributed by atoms with E-state index >= 15 is 0 Å². The van der Waals surface area contributed by atoms with Gasteiger partial charge in [0.25, 0.3) is 0 Å². The molecule has 0 saturated carbocycles. The molecule has 0 unspecified atom stereocenters. The van der Waals surface area contributed by atoms with Gasteiger partial charge in [0.1, 0.15) is 5.75 Å². The van der Waals surface area contributed by atoms with E-state index in [9.17, 15) is 4.79 Å². The number of aryl methyl sites for hydroxylation is 1.